The molecule has 0 saturated carbocycles. The van der Waals surface area contributed by atoms with Crippen LogP contribution in [0.3, 0.4) is 0 Å². The van der Waals surface area contributed by atoms with E-state index in [2.05, 4.69) is 79.0 Å². The first-order valence-corrected chi connectivity index (χ1v) is 7.05. The highest BCUT2D eigenvalue weighted by molar-refractivity contribution is 9.12. The Labute approximate surface area is 104 Å². The fourth-order valence-electron chi connectivity index (χ4n) is 1.24. The average molecular weight is 371 g/mol. The Bertz CT molecular complexity index is 271. The molecule has 0 N–H and O–H groups in total. The van der Waals surface area contributed by atoms with E-state index in [0.717, 1.165) is 5.33 Å². The summed E-state index contributed by atoms with van der Waals surface area (Å²) in [5.41, 5.74) is 2.70. The van der Waals surface area contributed by atoms with E-state index in [1.165, 1.54) is 11.1 Å². The second-order valence-electron chi connectivity index (χ2n) is 2.87. The third kappa shape index (κ3) is 3.07. The van der Waals surface area contributed by atoms with Crippen LogP contribution in [0.25, 0.3) is 0 Å². The van der Waals surface area contributed by atoms with Gasteiger partial charge in [-0.3, -0.25) is 0 Å². The fraction of sp³-hybridized carbons (Fsp3) is 0.400. The van der Waals surface area contributed by atoms with Crippen LogP contribution in [0.1, 0.15) is 27.7 Å². The third-order valence-electron chi connectivity index (χ3n) is 1.90. The van der Waals surface area contributed by atoms with Crippen molar-refractivity contribution in [3.8, 4) is 0 Å². The molecule has 0 spiro atoms. The molecule has 0 aliphatic heterocycles. The lowest BCUT2D eigenvalue weighted by Gasteiger charge is -2.14. The van der Waals surface area contributed by atoms with Crippen molar-refractivity contribution in [1.29, 1.82) is 0 Å². The molecule has 0 amide bonds. The van der Waals surface area contributed by atoms with Crippen LogP contribution >= 0.6 is 47.8 Å². The molecule has 2 atom stereocenters. The summed E-state index contributed by atoms with van der Waals surface area (Å²) in [5.74, 6) is 0. The fourth-order valence-corrected chi connectivity index (χ4v) is 2.42. The van der Waals surface area contributed by atoms with E-state index in [-0.39, 0.29) is 0 Å². The van der Waals surface area contributed by atoms with Gasteiger partial charge in [0.05, 0.1) is 0 Å². The van der Waals surface area contributed by atoms with E-state index >= 15 is 0 Å². The Morgan fingerprint density at radius 3 is 2.15 bits per heavy atom. The number of hydrogen-bond acceptors (Lipinski definition) is 0. The van der Waals surface area contributed by atoms with Crippen LogP contribution < -0.4 is 0 Å². The number of rotatable bonds is 3. The molecule has 1 rings (SSSR count). The maximum atomic E-state index is 3.64. The highest BCUT2D eigenvalue weighted by Gasteiger charge is 2.12. The summed E-state index contributed by atoms with van der Waals surface area (Å²) in [4.78, 5) is 0.798. The number of halogens is 3. The minimum Gasteiger partial charge on any atom is -0.0912 e. The van der Waals surface area contributed by atoms with E-state index in [1.54, 1.807) is 0 Å². The van der Waals surface area contributed by atoms with E-state index < -0.39 is 0 Å². The summed E-state index contributed by atoms with van der Waals surface area (Å²) in [6, 6.07) is 8.47. The summed E-state index contributed by atoms with van der Waals surface area (Å²) >= 11 is 10.7. The second kappa shape index (κ2) is 5.52. The van der Waals surface area contributed by atoms with Gasteiger partial charge in [0.2, 0.25) is 0 Å². The van der Waals surface area contributed by atoms with E-state index in [1.807, 2.05) is 0 Å². The number of benzene rings is 1. The van der Waals surface area contributed by atoms with Gasteiger partial charge < -0.3 is 0 Å². The van der Waals surface area contributed by atoms with Gasteiger partial charge in [0.25, 0.3) is 0 Å². The third-order valence-corrected chi connectivity index (χ3v) is 4.72. The molecule has 0 heterocycles. The molecular weight excluding hydrogens is 360 g/mol. The van der Waals surface area contributed by atoms with Gasteiger partial charge in [-0.25, -0.2) is 0 Å². The first-order chi connectivity index (χ1) is 6.16. The van der Waals surface area contributed by atoms with Crippen molar-refractivity contribution in [2.45, 2.75) is 16.6 Å². The van der Waals surface area contributed by atoms with Gasteiger partial charge in [0, 0.05) is 15.0 Å². The van der Waals surface area contributed by atoms with Crippen LogP contribution in [0.5, 0.6) is 0 Å². The van der Waals surface area contributed by atoms with E-state index in [9.17, 15) is 0 Å². The SMILES string of the molecule is CC(Br)c1ccccc1C(Br)CBr. The van der Waals surface area contributed by atoms with Gasteiger partial charge in [-0.15, -0.1) is 0 Å². The van der Waals surface area contributed by atoms with Gasteiger partial charge in [-0.2, -0.15) is 0 Å². The van der Waals surface area contributed by atoms with Crippen molar-refractivity contribution in [2.24, 2.45) is 0 Å². The maximum absolute atomic E-state index is 3.64. The highest BCUT2D eigenvalue weighted by atomic mass is 79.9. The van der Waals surface area contributed by atoms with Crippen molar-refractivity contribution in [2.75, 3.05) is 5.33 Å². The summed E-state index contributed by atoms with van der Waals surface area (Å²) in [5, 5.41) is 0.934. The van der Waals surface area contributed by atoms with Gasteiger partial charge in [0.1, 0.15) is 0 Å². The molecule has 0 saturated heterocycles. The predicted octanol–water partition coefficient (Wildman–Crippen LogP) is 4.97. The van der Waals surface area contributed by atoms with Crippen molar-refractivity contribution in [3.63, 3.8) is 0 Å². The second-order valence-corrected chi connectivity index (χ2v) is 5.99. The zero-order chi connectivity index (χ0) is 9.84. The molecule has 13 heavy (non-hydrogen) atoms. The Hall–Kier alpha value is 0.660. The van der Waals surface area contributed by atoms with Crippen molar-refractivity contribution in [1.82, 2.24) is 0 Å². The zero-order valence-electron chi connectivity index (χ0n) is 7.31. The summed E-state index contributed by atoms with van der Waals surface area (Å²) in [6.07, 6.45) is 0. The van der Waals surface area contributed by atoms with Crippen LogP contribution in [-0.4, -0.2) is 5.33 Å². The Kier molecular flexibility index (Phi) is 4.98. The van der Waals surface area contributed by atoms with E-state index in [4.69, 9.17) is 0 Å². The summed E-state index contributed by atoms with van der Waals surface area (Å²) in [7, 11) is 0. The largest absolute Gasteiger partial charge is 0.0912 e. The molecule has 3 heteroatoms. The maximum Gasteiger partial charge on any atom is 0.0495 e. The van der Waals surface area contributed by atoms with Crippen molar-refractivity contribution in [3.05, 3.63) is 35.4 Å². The minimum absolute atomic E-state index is 0.392. The summed E-state index contributed by atoms with van der Waals surface area (Å²) < 4.78 is 0. The molecule has 2 unspecified atom stereocenters. The van der Waals surface area contributed by atoms with E-state index in [0.29, 0.717) is 9.65 Å². The van der Waals surface area contributed by atoms with Gasteiger partial charge in [-0.1, -0.05) is 72.1 Å². The lowest BCUT2D eigenvalue weighted by molar-refractivity contribution is 1.03. The molecule has 0 bridgehead atoms. The molecule has 0 aromatic heterocycles. The molecular formula is C10H11Br3. The van der Waals surface area contributed by atoms with Crippen LogP contribution in [0.2, 0.25) is 0 Å². The average Bonchev–Trinajstić information content (AvgIpc) is 2.16. The van der Waals surface area contributed by atoms with Crippen molar-refractivity contribution >= 4 is 47.8 Å². The first-order valence-electron chi connectivity index (χ1n) is 4.09. The quantitative estimate of drug-likeness (QED) is 0.659. The van der Waals surface area contributed by atoms with Crippen LogP contribution in [0, 0.1) is 0 Å². The molecule has 1 aromatic rings. The molecule has 0 fully saturated rings. The van der Waals surface area contributed by atoms with Crippen LogP contribution in [-0.2, 0) is 0 Å². The molecule has 0 aliphatic rings. The summed E-state index contributed by atoms with van der Waals surface area (Å²) in [6.45, 7) is 2.15. The first kappa shape index (κ1) is 11.7. The minimum atomic E-state index is 0.392. The normalized spacial score (nSPS) is 15.4. The molecule has 1 aromatic carbocycles. The lowest BCUT2D eigenvalue weighted by atomic mass is 10.0. The Balaban J connectivity index is 3.04. The lowest BCUT2D eigenvalue weighted by Crippen LogP contribution is -1.97. The predicted molar refractivity (Wildman–Crippen MR) is 69.2 cm³/mol. The van der Waals surface area contributed by atoms with Crippen LogP contribution in [0.4, 0.5) is 0 Å². The van der Waals surface area contributed by atoms with Crippen LogP contribution in [0.15, 0.2) is 24.3 Å². The topological polar surface area (TPSA) is 0 Å². The molecule has 0 radical (unpaired) electrons. The van der Waals surface area contributed by atoms with Gasteiger partial charge in [-0.05, 0) is 18.1 Å². The van der Waals surface area contributed by atoms with Crippen molar-refractivity contribution < 1.29 is 0 Å². The zero-order valence-corrected chi connectivity index (χ0v) is 12.1. The number of hydrogen-bond donors (Lipinski definition) is 0. The number of alkyl halides is 3. The highest BCUT2D eigenvalue weighted by Crippen LogP contribution is 2.33. The Morgan fingerprint density at radius 2 is 1.69 bits per heavy atom. The Morgan fingerprint density at radius 1 is 1.15 bits per heavy atom. The molecule has 0 aliphatic carbocycles. The van der Waals surface area contributed by atoms with Gasteiger partial charge in [0.15, 0.2) is 0 Å². The molecule has 0 nitrogen and oxygen atoms in total. The smallest absolute Gasteiger partial charge is 0.0495 e. The molecule has 72 valence electrons. The standard InChI is InChI=1S/C10H11Br3/c1-7(12)8-4-2-3-5-9(8)10(13)6-11/h2-5,7,10H,6H2,1H3. The monoisotopic (exact) mass is 368 g/mol. The van der Waals surface area contributed by atoms with Gasteiger partial charge >= 0.3 is 0 Å².